The third kappa shape index (κ3) is 7.73. The molecule has 2 aliphatic heterocycles. The number of piperazine rings is 1. The fraction of sp³-hybridized carbons (Fsp3) is 0.400. The molecule has 0 unspecified atom stereocenters. The van der Waals surface area contributed by atoms with Crippen LogP contribution in [0.25, 0.3) is 11.1 Å². The molecule has 2 aliphatic rings. The molecule has 3 aromatic rings. The molecule has 0 aliphatic carbocycles. The Morgan fingerprint density at radius 2 is 1.82 bits per heavy atom. The number of amides is 1. The number of rotatable bonds is 8. The summed E-state index contributed by atoms with van der Waals surface area (Å²) in [5.74, 6) is 1.36. The predicted molar refractivity (Wildman–Crippen MR) is 162 cm³/mol. The second kappa shape index (κ2) is 13.8. The molecule has 0 spiro atoms. The number of hydrogen-bond donors (Lipinski definition) is 2. The highest BCUT2D eigenvalue weighted by Gasteiger charge is 2.22. The van der Waals surface area contributed by atoms with Crippen LogP contribution in [0, 0.1) is 5.82 Å². The lowest BCUT2D eigenvalue weighted by molar-refractivity contribution is 0.0997. The fourth-order valence-corrected chi connectivity index (χ4v) is 6.49. The minimum absolute atomic E-state index is 0. The number of thioether (sulfide) groups is 1. The van der Waals surface area contributed by atoms with Crippen molar-refractivity contribution >= 4 is 30.1 Å². The molecule has 1 amide bonds. The first kappa shape index (κ1) is 30.3. The van der Waals surface area contributed by atoms with Crippen LogP contribution in [0.4, 0.5) is 4.39 Å². The SMILES string of the molecule is C[C@@H]1CN(Cc2ccc(-c3cccc(Oc4ncc(F)cc4C(N)=O)c3)c(CN3CCSCC3)c2)C[C@H](C)N1.Cl. The summed E-state index contributed by atoms with van der Waals surface area (Å²) in [6, 6.07) is 16.5. The monoisotopic (exact) mass is 585 g/mol. The number of ether oxygens (including phenoxy) is 1. The third-order valence-electron chi connectivity index (χ3n) is 7.15. The highest BCUT2D eigenvalue weighted by molar-refractivity contribution is 7.99. The van der Waals surface area contributed by atoms with E-state index in [0.717, 1.165) is 74.2 Å². The summed E-state index contributed by atoms with van der Waals surface area (Å²) in [4.78, 5) is 20.8. The van der Waals surface area contributed by atoms with Gasteiger partial charge in [0.25, 0.3) is 5.91 Å². The molecule has 5 rings (SSSR count). The molecule has 2 fully saturated rings. The van der Waals surface area contributed by atoms with E-state index in [1.807, 2.05) is 23.9 Å². The zero-order chi connectivity index (χ0) is 27.4. The van der Waals surface area contributed by atoms with Gasteiger partial charge in [0.1, 0.15) is 17.1 Å². The van der Waals surface area contributed by atoms with Gasteiger partial charge >= 0.3 is 0 Å². The lowest BCUT2D eigenvalue weighted by Crippen LogP contribution is -2.53. The summed E-state index contributed by atoms with van der Waals surface area (Å²) in [7, 11) is 0. The summed E-state index contributed by atoms with van der Waals surface area (Å²) in [5.41, 5.74) is 10.1. The normalized spacial score (nSPS) is 20.1. The van der Waals surface area contributed by atoms with Crippen LogP contribution >= 0.6 is 24.2 Å². The highest BCUT2D eigenvalue weighted by atomic mass is 35.5. The number of nitrogens with two attached hydrogens (primary N) is 1. The zero-order valence-electron chi connectivity index (χ0n) is 22.9. The van der Waals surface area contributed by atoms with Gasteiger partial charge in [-0.25, -0.2) is 9.37 Å². The maximum absolute atomic E-state index is 13.7. The van der Waals surface area contributed by atoms with E-state index in [0.29, 0.717) is 17.8 Å². The first-order chi connectivity index (χ1) is 18.8. The molecule has 2 saturated heterocycles. The molecule has 214 valence electrons. The van der Waals surface area contributed by atoms with E-state index in [4.69, 9.17) is 10.5 Å². The second-order valence-electron chi connectivity index (χ2n) is 10.5. The summed E-state index contributed by atoms with van der Waals surface area (Å²) >= 11 is 2.01. The molecular weight excluding hydrogens is 549 g/mol. The van der Waals surface area contributed by atoms with Gasteiger partial charge in [-0.15, -0.1) is 12.4 Å². The van der Waals surface area contributed by atoms with Crippen molar-refractivity contribution in [3.05, 3.63) is 77.2 Å². The van der Waals surface area contributed by atoms with Crippen molar-refractivity contribution < 1.29 is 13.9 Å². The van der Waals surface area contributed by atoms with E-state index >= 15 is 0 Å². The number of nitrogens with one attached hydrogen (secondary N) is 1. The van der Waals surface area contributed by atoms with Gasteiger partial charge in [0.2, 0.25) is 5.88 Å². The van der Waals surface area contributed by atoms with Crippen molar-refractivity contribution in [2.45, 2.75) is 39.0 Å². The van der Waals surface area contributed by atoms with Crippen molar-refractivity contribution in [2.75, 3.05) is 37.7 Å². The van der Waals surface area contributed by atoms with Crippen LogP contribution in [-0.2, 0) is 13.1 Å². The summed E-state index contributed by atoms with van der Waals surface area (Å²) in [5, 5.41) is 3.62. The molecule has 0 bridgehead atoms. The first-order valence-electron chi connectivity index (χ1n) is 13.5. The van der Waals surface area contributed by atoms with Gasteiger partial charge in [-0.3, -0.25) is 14.6 Å². The van der Waals surface area contributed by atoms with Gasteiger partial charge in [0, 0.05) is 62.9 Å². The maximum atomic E-state index is 13.7. The van der Waals surface area contributed by atoms with E-state index < -0.39 is 11.7 Å². The lowest BCUT2D eigenvalue weighted by atomic mass is 9.96. The smallest absolute Gasteiger partial charge is 0.254 e. The number of carbonyl (C=O) groups excluding carboxylic acids is 1. The van der Waals surface area contributed by atoms with Crippen LogP contribution in [0.3, 0.4) is 0 Å². The van der Waals surface area contributed by atoms with Crippen LogP contribution < -0.4 is 15.8 Å². The van der Waals surface area contributed by atoms with Crippen molar-refractivity contribution in [3.63, 3.8) is 0 Å². The summed E-state index contributed by atoms with van der Waals surface area (Å²) < 4.78 is 19.6. The number of halogens is 2. The molecule has 7 nitrogen and oxygen atoms in total. The van der Waals surface area contributed by atoms with Crippen LogP contribution in [0.5, 0.6) is 11.6 Å². The molecule has 2 atom stereocenters. The highest BCUT2D eigenvalue weighted by Crippen LogP contribution is 2.32. The Kier molecular flexibility index (Phi) is 10.4. The standard InChI is InChI=1S/C30H36FN5O2S.ClH/c1-20-16-36(17-21(2)34-20)18-22-6-7-27(24(12-22)19-35-8-10-39-11-9-35)23-4-3-5-26(13-23)38-30-28(29(32)37)14-25(31)15-33-30;/h3-7,12-15,20-21,34H,8-11,16-19H2,1-2H3,(H2,32,37);1H/t20-,21+;. The Morgan fingerprint density at radius 1 is 1.07 bits per heavy atom. The number of hydrogen-bond acceptors (Lipinski definition) is 7. The van der Waals surface area contributed by atoms with Crippen LogP contribution in [0.2, 0.25) is 0 Å². The number of nitrogens with zero attached hydrogens (tertiary/aromatic N) is 3. The van der Waals surface area contributed by atoms with Crippen LogP contribution in [0.15, 0.2) is 54.7 Å². The molecule has 0 saturated carbocycles. The van der Waals surface area contributed by atoms with E-state index in [1.165, 1.54) is 11.1 Å². The number of primary amides is 1. The Balaban J connectivity index is 0.00000370. The Morgan fingerprint density at radius 3 is 2.55 bits per heavy atom. The van der Waals surface area contributed by atoms with E-state index in [9.17, 15) is 9.18 Å². The minimum atomic E-state index is -0.793. The Hall–Kier alpha value is -2.69. The Bertz CT molecular complexity index is 1310. The maximum Gasteiger partial charge on any atom is 0.254 e. The van der Waals surface area contributed by atoms with Gasteiger partial charge in [-0.05, 0) is 54.3 Å². The topological polar surface area (TPSA) is 83.7 Å². The molecule has 2 aromatic carbocycles. The summed E-state index contributed by atoms with van der Waals surface area (Å²) in [6.07, 6.45) is 1.01. The Labute approximate surface area is 246 Å². The van der Waals surface area contributed by atoms with Crippen molar-refractivity contribution in [3.8, 4) is 22.8 Å². The number of carbonyl (C=O) groups is 1. The van der Waals surface area contributed by atoms with Gasteiger partial charge in [-0.1, -0.05) is 30.3 Å². The zero-order valence-corrected chi connectivity index (χ0v) is 24.6. The average Bonchev–Trinajstić information content (AvgIpc) is 2.90. The predicted octanol–water partition coefficient (Wildman–Crippen LogP) is 4.93. The van der Waals surface area contributed by atoms with E-state index in [2.05, 4.69) is 58.2 Å². The van der Waals surface area contributed by atoms with Crippen molar-refractivity contribution in [2.24, 2.45) is 5.73 Å². The van der Waals surface area contributed by atoms with Crippen molar-refractivity contribution in [1.29, 1.82) is 0 Å². The first-order valence-corrected chi connectivity index (χ1v) is 14.6. The van der Waals surface area contributed by atoms with Gasteiger partial charge in [-0.2, -0.15) is 11.8 Å². The largest absolute Gasteiger partial charge is 0.438 e. The molecule has 40 heavy (non-hydrogen) atoms. The van der Waals surface area contributed by atoms with E-state index in [1.54, 1.807) is 6.07 Å². The molecular formula is C30H37ClFN5O2S. The molecule has 1 aromatic heterocycles. The lowest BCUT2D eigenvalue weighted by Gasteiger charge is -2.36. The van der Waals surface area contributed by atoms with Crippen LogP contribution in [-0.4, -0.2) is 70.5 Å². The number of benzene rings is 2. The number of pyridine rings is 1. The van der Waals surface area contributed by atoms with Gasteiger partial charge in [0.15, 0.2) is 0 Å². The second-order valence-corrected chi connectivity index (χ2v) is 11.8. The van der Waals surface area contributed by atoms with Gasteiger partial charge < -0.3 is 15.8 Å². The molecule has 3 N–H and O–H groups in total. The van der Waals surface area contributed by atoms with Crippen molar-refractivity contribution in [1.82, 2.24) is 20.1 Å². The molecule has 10 heteroatoms. The summed E-state index contributed by atoms with van der Waals surface area (Å²) in [6.45, 7) is 10.5. The average molecular weight is 586 g/mol. The third-order valence-corrected chi connectivity index (χ3v) is 8.09. The fourth-order valence-electron chi connectivity index (χ4n) is 5.51. The number of aromatic nitrogens is 1. The van der Waals surface area contributed by atoms with Gasteiger partial charge in [0.05, 0.1) is 6.20 Å². The minimum Gasteiger partial charge on any atom is -0.438 e. The molecule has 3 heterocycles. The molecule has 0 radical (unpaired) electrons. The van der Waals surface area contributed by atoms with Crippen LogP contribution in [0.1, 0.15) is 35.3 Å². The van der Waals surface area contributed by atoms with E-state index in [-0.39, 0.29) is 23.9 Å². The quantitative estimate of drug-likeness (QED) is 0.388.